The van der Waals surface area contributed by atoms with E-state index >= 15 is 0 Å². The van der Waals surface area contributed by atoms with Crippen LogP contribution in [0.1, 0.15) is 59.3 Å². The van der Waals surface area contributed by atoms with Crippen LogP contribution in [0.25, 0.3) is 0 Å². The van der Waals surface area contributed by atoms with Crippen molar-refractivity contribution in [3.05, 3.63) is 5.89 Å². The van der Waals surface area contributed by atoms with Gasteiger partial charge in [0.2, 0.25) is 5.89 Å². The molecular formula is C16H29N3OS. The van der Waals surface area contributed by atoms with Gasteiger partial charge in [0.15, 0.2) is 0 Å². The lowest BCUT2D eigenvalue weighted by Gasteiger charge is -2.41. The van der Waals surface area contributed by atoms with E-state index < -0.39 is 0 Å². The first-order chi connectivity index (χ1) is 9.90. The highest BCUT2D eigenvalue weighted by molar-refractivity contribution is 7.99. The van der Waals surface area contributed by atoms with Gasteiger partial charge in [-0.2, -0.15) is 0 Å². The van der Waals surface area contributed by atoms with Crippen LogP contribution in [-0.2, 0) is 0 Å². The fourth-order valence-corrected chi connectivity index (χ4v) is 4.31. The molecule has 1 aromatic rings. The highest BCUT2D eigenvalue weighted by Gasteiger charge is 2.36. The van der Waals surface area contributed by atoms with E-state index in [0.29, 0.717) is 22.6 Å². The predicted octanol–water partition coefficient (Wildman–Crippen LogP) is 4.05. The summed E-state index contributed by atoms with van der Waals surface area (Å²) < 4.78 is 5.57. The number of rotatable bonds is 5. The van der Waals surface area contributed by atoms with E-state index in [1.54, 1.807) is 11.8 Å². The van der Waals surface area contributed by atoms with Crippen LogP contribution in [-0.4, -0.2) is 28.0 Å². The Bertz CT molecular complexity index is 441. The third kappa shape index (κ3) is 4.71. The summed E-state index contributed by atoms with van der Waals surface area (Å²) in [7, 11) is 0. The van der Waals surface area contributed by atoms with Crippen LogP contribution < -0.4 is 5.32 Å². The van der Waals surface area contributed by atoms with E-state index in [1.807, 2.05) is 6.92 Å². The Morgan fingerprint density at radius 2 is 2.05 bits per heavy atom. The SMILES string of the molecule is CCCNC1CCC(C(C)(C)C)CC1Sc1nnc(C)o1. The largest absolute Gasteiger partial charge is 0.416 e. The van der Waals surface area contributed by atoms with Gasteiger partial charge in [0.1, 0.15) is 0 Å². The second-order valence-electron chi connectivity index (χ2n) is 7.18. The maximum Gasteiger partial charge on any atom is 0.276 e. The molecule has 5 heteroatoms. The zero-order valence-corrected chi connectivity index (χ0v) is 14.8. The second-order valence-corrected chi connectivity index (χ2v) is 8.37. The van der Waals surface area contributed by atoms with Crippen molar-refractivity contribution < 1.29 is 4.42 Å². The Balaban J connectivity index is 2.05. The summed E-state index contributed by atoms with van der Waals surface area (Å²) in [6.45, 7) is 12.2. The van der Waals surface area contributed by atoms with Crippen molar-refractivity contribution in [1.82, 2.24) is 15.5 Å². The van der Waals surface area contributed by atoms with E-state index in [9.17, 15) is 0 Å². The Kier molecular flexibility index (Phi) is 5.72. The Hall–Kier alpha value is -0.550. The van der Waals surface area contributed by atoms with Gasteiger partial charge in [-0.25, -0.2) is 0 Å². The van der Waals surface area contributed by atoms with Crippen molar-refractivity contribution in [2.24, 2.45) is 11.3 Å². The van der Waals surface area contributed by atoms with Crippen molar-refractivity contribution in [1.29, 1.82) is 0 Å². The van der Waals surface area contributed by atoms with Crippen molar-refractivity contribution in [2.45, 2.75) is 76.8 Å². The minimum atomic E-state index is 0.374. The third-order valence-corrected chi connectivity index (χ3v) is 5.62. The summed E-state index contributed by atoms with van der Waals surface area (Å²) in [6.07, 6.45) is 4.95. The smallest absolute Gasteiger partial charge is 0.276 e. The van der Waals surface area contributed by atoms with Crippen molar-refractivity contribution in [2.75, 3.05) is 6.54 Å². The molecule has 0 radical (unpaired) electrons. The van der Waals surface area contributed by atoms with Crippen molar-refractivity contribution >= 4 is 11.8 Å². The van der Waals surface area contributed by atoms with Crippen LogP contribution in [0.4, 0.5) is 0 Å². The Morgan fingerprint density at radius 1 is 1.29 bits per heavy atom. The molecule has 3 unspecified atom stereocenters. The number of thioether (sulfide) groups is 1. The number of nitrogens with one attached hydrogen (secondary N) is 1. The molecule has 1 aliphatic rings. The molecule has 1 saturated carbocycles. The van der Waals surface area contributed by atoms with Gasteiger partial charge in [-0.05, 0) is 43.6 Å². The average molecular weight is 311 g/mol. The van der Waals surface area contributed by atoms with E-state index in [-0.39, 0.29) is 0 Å². The van der Waals surface area contributed by atoms with Gasteiger partial charge in [-0.15, -0.1) is 10.2 Å². The lowest BCUT2D eigenvalue weighted by molar-refractivity contribution is 0.164. The molecule has 0 saturated heterocycles. The van der Waals surface area contributed by atoms with Crippen LogP contribution in [0.3, 0.4) is 0 Å². The molecule has 120 valence electrons. The van der Waals surface area contributed by atoms with Gasteiger partial charge < -0.3 is 9.73 Å². The van der Waals surface area contributed by atoms with E-state index in [1.165, 1.54) is 25.7 Å². The first kappa shape index (κ1) is 16.8. The summed E-state index contributed by atoms with van der Waals surface area (Å²) in [6, 6.07) is 0.556. The fourth-order valence-electron chi connectivity index (χ4n) is 3.06. The maximum absolute atomic E-state index is 5.57. The van der Waals surface area contributed by atoms with Crippen molar-refractivity contribution in [3.8, 4) is 0 Å². The van der Waals surface area contributed by atoms with E-state index in [4.69, 9.17) is 4.42 Å². The third-order valence-electron chi connectivity index (χ3n) is 4.43. The van der Waals surface area contributed by atoms with Gasteiger partial charge in [-0.3, -0.25) is 0 Å². The van der Waals surface area contributed by atoms with Gasteiger partial charge in [0, 0.05) is 18.2 Å². The van der Waals surface area contributed by atoms with Gasteiger partial charge >= 0.3 is 0 Å². The minimum absolute atomic E-state index is 0.374. The molecule has 1 fully saturated rings. The zero-order chi connectivity index (χ0) is 15.5. The summed E-state index contributed by atoms with van der Waals surface area (Å²) in [4.78, 5) is 0. The summed E-state index contributed by atoms with van der Waals surface area (Å²) in [5.74, 6) is 1.41. The topological polar surface area (TPSA) is 51.0 Å². The quantitative estimate of drug-likeness (QED) is 0.889. The number of hydrogen-bond acceptors (Lipinski definition) is 5. The van der Waals surface area contributed by atoms with Gasteiger partial charge in [0.25, 0.3) is 5.22 Å². The molecule has 1 heterocycles. The second kappa shape index (κ2) is 7.14. The first-order valence-corrected chi connectivity index (χ1v) is 8.98. The standard InChI is InChI=1S/C16H29N3OS/c1-6-9-17-13-8-7-12(16(3,4)5)10-14(13)21-15-19-18-11(2)20-15/h12-14,17H,6-10H2,1-5H3. The molecule has 0 spiro atoms. The summed E-state index contributed by atoms with van der Waals surface area (Å²) in [5, 5.41) is 13.1. The molecule has 1 N–H and O–H groups in total. The maximum atomic E-state index is 5.57. The molecule has 2 rings (SSSR count). The normalized spacial score (nSPS) is 27.0. The number of nitrogens with zero attached hydrogens (tertiary/aromatic N) is 2. The van der Waals surface area contributed by atoms with E-state index in [2.05, 4.69) is 43.2 Å². The lowest BCUT2D eigenvalue weighted by atomic mass is 9.71. The molecule has 21 heavy (non-hydrogen) atoms. The van der Waals surface area contributed by atoms with Crippen LogP contribution in [0.2, 0.25) is 0 Å². The summed E-state index contributed by atoms with van der Waals surface area (Å²) in [5.41, 5.74) is 0.374. The highest BCUT2D eigenvalue weighted by atomic mass is 32.2. The average Bonchev–Trinajstić information content (AvgIpc) is 2.81. The molecule has 1 aromatic heterocycles. The molecule has 0 amide bonds. The summed E-state index contributed by atoms with van der Waals surface area (Å²) >= 11 is 1.76. The van der Waals surface area contributed by atoms with Crippen molar-refractivity contribution in [3.63, 3.8) is 0 Å². The number of hydrogen-bond donors (Lipinski definition) is 1. The van der Waals surface area contributed by atoms with Gasteiger partial charge in [-0.1, -0.05) is 39.5 Å². The number of aryl methyl sites for hydroxylation is 1. The molecule has 0 aliphatic heterocycles. The van der Waals surface area contributed by atoms with Crippen LogP contribution in [0.5, 0.6) is 0 Å². The zero-order valence-electron chi connectivity index (χ0n) is 14.0. The van der Waals surface area contributed by atoms with Crippen LogP contribution >= 0.6 is 11.8 Å². The van der Waals surface area contributed by atoms with Gasteiger partial charge in [0.05, 0.1) is 0 Å². The molecule has 0 bridgehead atoms. The minimum Gasteiger partial charge on any atom is -0.416 e. The highest BCUT2D eigenvalue weighted by Crippen LogP contribution is 2.43. The Morgan fingerprint density at radius 3 is 2.62 bits per heavy atom. The predicted molar refractivity (Wildman–Crippen MR) is 87.6 cm³/mol. The fraction of sp³-hybridized carbons (Fsp3) is 0.875. The molecule has 1 aliphatic carbocycles. The monoisotopic (exact) mass is 311 g/mol. The Labute approximate surface area is 132 Å². The van der Waals surface area contributed by atoms with Crippen LogP contribution in [0, 0.1) is 18.3 Å². The molecule has 0 aromatic carbocycles. The molecular weight excluding hydrogens is 282 g/mol. The lowest BCUT2D eigenvalue weighted by Crippen LogP contribution is -2.45. The van der Waals surface area contributed by atoms with E-state index in [0.717, 1.165) is 17.7 Å². The first-order valence-electron chi connectivity index (χ1n) is 8.10. The molecule has 3 atom stereocenters. The molecule has 4 nitrogen and oxygen atoms in total. The number of aromatic nitrogens is 2. The van der Waals surface area contributed by atoms with Crippen LogP contribution in [0.15, 0.2) is 9.64 Å².